The molecule has 25 heavy (non-hydrogen) atoms. The van der Waals surface area contributed by atoms with Gasteiger partial charge in [-0.2, -0.15) is 0 Å². The SMILES string of the molecule is O=C(c1cc2cc(F)ccc2[nH]1)N1C[C@@H](O)[C@H](Oc2ccccc2)C1. The van der Waals surface area contributed by atoms with Crippen molar-refractivity contribution in [3.63, 3.8) is 0 Å². The topological polar surface area (TPSA) is 65.6 Å². The Morgan fingerprint density at radius 1 is 1.16 bits per heavy atom. The molecule has 0 aliphatic carbocycles. The molecule has 0 spiro atoms. The lowest BCUT2D eigenvalue weighted by atomic mass is 10.2. The number of nitrogens with one attached hydrogen (secondary N) is 1. The van der Waals surface area contributed by atoms with Gasteiger partial charge in [-0.25, -0.2) is 4.39 Å². The largest absolute Gasteiger partial charge is 0.486 e. The van der Waals surface area contributed by atoms with E-state index < -0.39 is 12.2 Å². The molecule has 0 saturated carbocycles. The summed E-state index contributed by atoms with van der Waals surface area (Å²) in [5.74, 6) is 0.0650. The number of β-amino-alcohol motifs (C(OH)–C–C–N with tert-alkyl or cyclic N) is 1. The van der Waals surface area contributed by atoms with E-state index in [1.54, 1.807) is 17.0 Å². The first-order valence-electron chi connectivity index (χ1n) is 8.07. The lowest BCUT2D eigenvalue weighted by Crippen LogP contribution is -2.31. The maximum atomic E-state index is 13.3. The van der Waals surface area contributed by atoms with Gasteiger partial charge in [-0.3, -0.25) is 4.79 Å². The summed E-state index contributed by atoms with van der Waals surface area (Å²) in [7, 11) is 0. The molecular formula is C19H17FN2O3. The Bertz CT molecular complexity index is 909. The first kappa shape index (κ1) is 15.7. The zero-order valence-electron chi connectivity index (χ0n) is 13.4. The Morgan fingerprint density at radius 3 is 2.76 bits per heavy atom. The highest BCUT2D eigenvalue weighted by Crippen LogP contribution is 2.22. The summed E-state index contributed by atoms with van der Waals surface area (Å²) >= 11 is 0. The number of likely N-dealkylation sites (tertiary alicyclic amines) is 1. The summed E-state index contributed by atoms with van der Waals surface area (Å²) in [5.41, 5.74) is 1.06. The lowest BCUT2D eigenvalue weighted by Gasteiger charge is -2.16. The van der Waals surface area contributed by atoms with E-state index in [1.807, 2.05) is 30.3 Å². The van der Waals surface area contributed by atoms with Crippen molar-refractivity contribution in [2.75, 3.05) is 13.1 Å². The number of halogens is 1. The van der Waals surface area contributed by atoms with E-state index >= 15 is 0 Å². The number of rotatable bonds is 3. The van der Waals surface area contributed by atoms with E-state index in [0.29, 0.717) is 28.9 Å². The van der Waals surface area contributed by atoms with Gasteiger partial charge in [-0.05, 0) is 36.4 Å². The summed E-state index contributed by atoms with van der Waals surface area (Å²) in [6, 6.07) is 15.1. The number of hydrogen-bond donors (Lipinski definition) is 2. The molecule has 3 aromatic rings. The molecule has 1 fully saturated rings. The van der Waals surface area contributed by atoms with E-state index in [1.165, 1.54) is 12.1 Å². The van der Waals surface area contributed by atoms with Gasteiger partial charge < -0.3 is 19.7 Å². The molecule has 2 N–H and O–H groups in total. The van der Waals surface area contributed by atoms with Gasteiger partial charge >= 0.3 is 0 Å². The van der Waals surface area contributed by atoms with Crippen LogP contribution in [0, 0.1) is 5.82 Å². The second-order valence-corrected chi connectivity index (χ2v) is 6.16. The van der Waals surface area contributed by atoms with Gasteiger partial charge in [-0.1, -0.05) is 18.2 Å². The smallest absolute Gasteiger partial charge is 0.270 e. The number of fused-ring (bicyclic) bond motifs is 1. The molecule has 5 nitrogen and oxygen atoms in total. The maximum absolute atomic E-state index is 13.3. The minimum Gasteiger partial charge on any atom is -0.486 e. The molecule has 4 rings (SSSR count). The van der Waals surface area contributed by atoms with Gasteiger partial charge in [0, 0.05) is 10.9 Å². The van der Waals surface area contributed by atoms with Gasteiger partial charge in [-0.15, -0.1) is 0 Å². The fourth-order valence-electron chi connectivity index (χ4n) is 3.10. The van der Waals surface area contributed by atoms with Crippen LogP contribution in [0.25, 0.3) is 10.9 Å². The quantitative estimate of drug-likeness (QED) is 0.770. The number of amides is 1. The number of para-hydroxylation sites is 1. The predicted molar refractivity (Wildman–Crippen MR) is 91.0 cm³/mol. The van der Waals surface area contributed by atoms with E-state index in [2.05, 4.69) is 4.98 Å². The molecule has 0 radical (unpaired) electrons. The van der Waals surface area contributed by atoms with Gasteiger partial charge in [0.15, 0.2) is 0 Å². The summed E-state index contributed by atoms with van der Waals surface area (Å²) in [5, 5.41) is 10.9. The second-order valence-electron chi connectivity index (χ2n) is 6.16. The van der Waals surface area contributed by atoms with Crippen molar-refractivity contribution in [2.45, 2.75) is 12.2 Å². The molecule has 6 heteroatoms. The molecule has 1 saturated heterocycles. The summed E-state index contributed by atoms with van der Waals surface area (Å²) in [4.78, 5) is 17.2. The van der Waals surface area contributed by atoms with Crippen molar-refractivity contribution in [3.8, 4) is 5.75 Å². The van der Waals surface area contributed by atoms with Gasteiger partial charge in [0.05, 0.1) is 13.1 Å². The number of aromatic amines is 1. The number of aliphatic hydroxyl groups is 1. The molecule has 1 aliphatic heterocycles. The second kappa shape index (κ2) is 6.22. The van der Waals surface area contributed by atoms with Crippen LogP contribution in [0.15, 0.2) is 54.6 Å². The zero-order chi connectivity index (χ0) is 17.4. The molecule has 0 unspecified atom stereocenters. The van der Waals surface area contributed by atoms with Gasteiger partial charge in [0.25, 0.3) is 5.91 Å². The Balaban J connectivity index is 1.50. The van der Waals surface area contributed by atoms with E-state index in [-0.39, 0.29) is 18.3 Å². The molecular weight excluding hydrogens is 323 g/mol. The number of nitrogens with zero attached hydrogens (tertiary/aromatic N) is 1. The molecule has 1 amide bonds. The average Bonchev–Trinajstić information content (AvgIpc) is 3.19. The van der Waals surface area contributed by atoms with Crippen LogP contribution in [0.1, 0.15) is 10.5 Å². The highest BCUT2D eigenvalue weighted by Gasteiger charge is 2.36. The third-order valence-electron chi connectivity index (χ3n) is 4.37. The van der Waals surface area contributed by atoms with Crippen molar-refractivity contribution in [3.05, 3.63) is 66.1 Å². The molecule has 128 valence electrons. The summed E-state index contributed by atoms with van der Waals surface area (Å²) in [6.45, 7) is 0.485. The molecule has 2 heterocycles. The third kappa shape index (κ3) is 3.08. The monoisotopic (exact) mass is 340 g/mol. The number of carbonyl (C=O) groups is 1. The first-order valence-corrected chi connectivity index (χ1v) is 8.07. The van der Waals surface area contributed by atoms with Crippen LogP contribution >= 0.6 is 0 Å². The number of aromatic nitrogens is 1. The summed E-state index contributed by atoms with van der Waals surface area (Å²) in [6.07, 6.45) is -1.24. The number of benzene rings is 2. The zero-order valence-corrected chi connectivity index (χ0v) is 13.4. The average molecular weight is 340 g/mol. The van der Waals surface area contributed by atoms with Crippen molar-refractivity contribution < 1.29 is 19.0 Å². The predicted octanol–water partition coefficient (Wildman–Crippen LogP) is 2.57. The maximum Gasteiger partial charge on any atom is 0.270 e. The Labute approximate surface area is 143 Å². The Kier molecular flexibility index (Phi) is 3.89. The number of carbonyl (C=O) groups excluding carboxylic acids is 1. The number of hydrogen-bond acceptors (Lipinski definition) is 3. The lowest BCUT2D eigenvalue weighted by molar-refractivity contribution is 0.0728. The Morgan fingerprint density at radius 2 is 1.96 bits per heavy atom. The number of aliphatic hydroxyl groups excluding tert-OH is 1. The van der Waals surface area contributed by atoms with Crippen molar-refractivity contribution in [2.24, 2.45) is 0 Å². The normalized spacial score (nSPS) is 20.2. The van der Waals surface area contributed by atoms with E-state index in [9.17, 15) is 14.3 Å². The van der Waals surface area contributed by atoms with Crippen molar-refractivity contribution in [1.29, 1.82) is 0 Å². The van der Waals surface area contributed by atoms with Gasteiger partial charge in [0.2, 0.25) is 0 Å². The molecule has 2 aromatic carbocycles. The highest BCUT2D eigenvalue weighted by atomic mass is 19.1. The number of ether oxygens (including phenoxy) is 1. The fraction of sp³-hybridized carbons (Fsp3) is 0.211. The van der Waals surface area contributed by atoms with Crippen LogP contribution in [-0.2, 0) is 0 Å². The van der Waals surface area contributed by atoms with E-state index in [4.69, 9.17) is 4.74 Å². The minimum atomic E-state index is -0.758. The standard InChI is InChI=1S/C19H17FN2O3/c20-13-6-7-15-12(8-13)9-16(21-15)19(24)22-10-17(23)18(11-22)25-14-4-2-1-3-5-14/h1-9,17-18,21,23H,10-11H2/t17-,18-/m1/s1. The van der Waals surface area contributed by atoms with Crippen LogP contribution in [0.5, 0.6) is 5.75 Å². The molecule has 1 aromatic heterocycles. The molecule has 2 atom stereocenters. The van der Waals surface area contributed by atoms with Crippen LogP contribution < -0.4 is 4.74 Å². The third-order valence-corrected chi connectivity index (χ3v) is 4.37. The van der Waals surface area contributed by atoms with Crippen LogP contribution in [-0.4, -0.2) is 46.2 Å². The van der Waals surface area contributed by atoms with Gasteiger partial charge in [0.1, 0.15) is 29.5 Å². The highest BCUT2D eigenvalue weighted by molar-refractivity contribution is 5.98. The van der Waals surface area contributed by atoms with Crippen LogP contribution in [0.4, 0.5) is 4.39 Å². The summed E-state index contributed by atoms with van der Waals surface area (Å²) < 4.78 is 19.1. The first-order chi connectivity index (χ1) is 12.1. The van der Waals surface area contributed by atoms with E-state index in [0.717, 1.165) is 0 Å². The minimum absolute atomic E-state index is 0.195. The Hall–Kier alpha value is -2.86. The van der Waals surface area contributed by atoms with Crippen LogP contribution in [0.2, 0.25) is 0 Å². The fourth-order valence-corrected chi connectivity index (χ4v) is 3.10. The van der Waals surface area contributed by atoms with Crippen molar-refractivity contribution >= 4 is 16.8 Å². The molecule has 1 aliphatic rings. The van der Waals surface area contributed by atoms with Crippen LogP contribution in [0.3, 0.4) is 0 Å². The van der Waals surface area contributed by atoms with Crippen molar-refractivity contribution in [1.82, 2.24) is 9.88 Å². The molecule has 0 bridgehead atoms. The number of H-pyrrole nitrogens is 1.